The summed E-state index contributed by atoms with van der Waals surface area (Å²) >= 11 is 0. The van der Waals surface area contributed by atoms with Crippen molar-refractivity contribution in [1.82, 2.24) is 0 Å². The molecule has 0 aromatic heterocycles. The Balaban J connectivity index is 2.06. The summed E-state index contributed by atoms with van der Waals surface area (Å²) in [7, 11) is -10.7. The SMILES string of the molecule is O=C(O)c1ccccc1N=Nc1c(S(=O)(=O)O)cc2cc(S(=O)(=O)O)c(N=Nc3cc([N+](=O)[O-])cc([N+](=O)[O-])c3O)c(O)c2c1O. The van der Waals surface area contributed by atoms with Crippen molar-refractivity contribution in [2.45, 2.75) is 9.79 Å². The number of nitro benzene ring substituents is 2. The molecule has 0 atom stereocenters. The molecule has 0 fully saturated rings. The second kappa shape index (κ2) is 11.7. The minimum Gasteiger partial charge on any atom is -0.505 e. The van der Waals surface area contributed by atoms with Gasteiger partial charge in [0.25, 0.3) is 25.9 Å². The van der Waals surface area contributed by atoms with Crippen LogP contribution in [0.25, 0.3) is 10.8 Å². The van der Waals surface area contributed by atoms with E-state index in [0.717, 1.165) is 12.1 Å². The molecular weight excluding hydrogens is 664 g/mol. The highest BCUT2D eigenvalue weighted by Gasteiger charge is 2.30. The van der Waals surface area contributed by atoms with Crippen LogP contribution in [0, 0.1) is 20.2 Å². The Bertz CT molecular complexity index is 2290. The van der Waals surface area contributed by atoms with Crippen LogP contribution in [0.2, 0.25) is 0 Å². The highest BCUT2D eigenvalue weighted by atomic mass is 32.2. The number of phenolic OH excluding ortho intramolecular Hbond substituents is 3. The summed E-state index contributed by atoms with van der Waals surface area (Å²) in [4.78, 5) is 29.1. The van der Waals surface area contributed by atoms with Crippen molar-refractivity contribution < 1.29 is 61.0 Å². The van der Waals surface area contributed by atoms with Crippen molar-refractivity contribution in [2.24, 2.45) is 20.5 Å². The molecule has 0 aliphatic carbocycles. The average molecular weight is 679 g/mol. The number of nitrogens with zero attached hydrogens (tertiary/aromatic N) is 6. The molecule has 0 aliphatic rings. The maximum absolute atomic E-state index is 12.2. The largest absolute Gasteiger partial charge is 0.505 e. The van der Waals surface area contributed by atoms with E-state index in [1.165, 1.54) is 12.1 Å². The molecule has 0 heterocycles. The number of hydrogen-bond acceptors (Lipinski definition) is 16. The summed E-state index contributed by atoms with van der Waals surface area (Å²) in [5.41, 5.74) is -6.28. The van der Waals surface area contributed by atoms with E-state index in [4.69, 9.17) is 0 Å². The van der Waals surface area contributed by atoms with Crippen molar-refractivity contribution in [3.05, 3.63) is 74.3 Å². The summed E-state index contributed by atoms with van der Waals surface area (Å²) in [5.74, 6) is -5.45. The van der Waals surface area contributed by atoms with Crippen molar-refractivity contribution in [2.75, 3.05) is 0 Å². The van der Waals surface area contributed by atoms with Gasteiger partial charge in [-0.3, -0.25) is 29.3 Å². The highest BCUT2D eigenvalue weighted by molar-refractivity contribution is 7.86. The van der Waals surface area contributed by atoms with Crippen molar-refractivity contribution in [3.8, 4) is 17.2 Å². The molecule has 0 spiro atoms. The van der Waals surface area contributed by atoms with Gasteiger partial charge in [-0.05, 0) is 29.7 Å². The molecule has 21 nitrogen and oxygen atoms in total. The third-order valence-corrected chi connectivity index (χ3v) is 7.65. The molecule has 0 aliphatic heterocycles. The van der Waals surface area contributed by atoms with Gasteiger partial charge in [0.1, 0.15) is 32.5 Å². The molecule has 0 saturated carbocycles. The summed E-state index contributed by atoms with van der Waals surface area (Å²) in [6.07, 6.45) is 0. The van der Waals surface area contributed by atoms with Gasteiger partial charge in [-0.15, -0.1) is 20.5 Å². The zero-order chi connectivity index (χ0) is 34.3. The Morgan fingerprint density at radius 3 is 1.65 bits per heavy atom. The highest BCUT2D eigenvalue weighted by Crippen LogP contribution is 2.50. The molecule has 238 valence electrons. The number of azo groups is 2. The summed E-state index contributed by atoms with van der Waals surface area (Å²) < 4.78 is 68.3. The molecule has 0 amide bonds. The number of hydrogen-bond donors (Lipinski definition) is 6. The Kier molecular flexibility index (Phi) is 8.35. The lowest BCUT2D eigenvalue weighted by molar-refractivity contribution is -0.394. The maximum Gasteiger partial charge on any atom is 0.337 e. The molecule has 23 heteroatoms. The first-order valence-corrected chi connectivity index (χ1v) is 14.5. The van der Waals surface area contributed by atoms with E-state index < -0.39 is 108 Å². The minimum absolute atomic E-state index is 0.359. The normalized spacial score (nSPS) is 12.2. The number of phenols is 3. The molecule has 0 saturated heterocycles. The van der Waals surface area contributed by atoms with Gasteiger partial charge in [0.15, 0.2) is 11.5 Å². The van der Waals surface area contributed by atoms with Crippen LogP contribution in [0.15, 0.2) is 78.8 Å². The van der Waals surface area contributed by atoms with E-state index in [2.05, 4.69) is 20.5 Å². The number of benzene rings is 4. The minimum atomic E-state index is -5.42. The van der Waals surface area contributed by atoms with Gasteiger partial charge >= 0.3 is 11.7 Å². The molecule has 0 bridgehead atoms. The first-order valence-electron chi connectivity index (χ1n) is 11.6. The number of non-ortho nitro benzene ring substituents is 1. The number of carboxylic acids is 1. The van der Waals surface area contributed by atoms with E-state index in [0.29, 0.717) is 24.3 Å². The predicted molar refractivity (Wildman–Crippen MR) is 150 cm³/mol. The van der Waals surface area contributed by atoms with Gasteiger partial charge < -0.3 is 20.4 Å². The predicted octanol–water partition coefficient (Wildman–Crippen LogP) is 4.80. The fraction of sp³-hybridized carbons (Fsp3) is 0. The molecule has 4 aromatic rings. The van der Waals surface area contributed by atoms with Gasteiger partial charge in [0.2, 0.25) is 5.75 Å². The second-order valence-electron chi connectivity index (χ2n) is 8.76. The number of carbonyl (C=O) groups is 1. The Morgan fingerprint density at radius 1 is 0.696 bits per heavy atom. The Morgan fingerprint density at radius 2 is 1.20 bits per heavy atom. The lowest BCUT2D eigenvalue weighted by Gasteiger charge is -2.13. The average Bonchev–Trinajstić information content (AvgIpc) is 2.95. The lowest BCUT2D eigenvalue weighted by atomic mass is 10.1. The van der Waals surface area contributed by atoms with Crippen molar-refractivity contribution >= 4 is 71.1 Å². The third-order valence-electron chi connectivity index (χ3n) is 5.92. The maximum atomic E-state index is 12.2. The van der Waals surface area contributed by atoms with Gasteiger partial charge in [-0.25, -0.2) is 4.79 Å². The molecule has 6 N–H and O–H groups in total. The fourth-order valence-corrected chi connectivity index (χ4v) is 5.22. The van der Waals surface area contributed by atoms with Crippen LogP contribution in [0.1, 0.15) is 10.4 Å². The van der Waals surface area contributed by atoms with Crippen LogP contribution in [-0.2, 0) is 20.2 Å². The van der Waals surface area contributed by atoms with Crippen molar-refractivity contribution in [3.63, 3.8) is 0 Å². The Labute approximate surface area is 253 Å². The van der Waals surface area contributed by atoms with Crippen LogP contribution in [0.5, 0.6) is 17.2 Å². The van der Waals surface area contributed by atoms with E-state index >= 15 is 0 Å². The van der Waals surface area contributed by atoms with Crippen LogP contribution in [0.3, 0.4) is 0 Å². The first-order chi connectivity index (χ1) is 21.3. The summed E-state index contributed by atoms with van der Waals surface area (Å²) in [5, 5.41) is 76.2. The number of fused-ring (bicyclic) bond motifs is 1. The van der Waals surface area contributed by atoms with E-state index in [9.17, 15) is 71.4 Å². The fourth-order valence-electron chi connectivity index (χ4n) is 3.91. The molecular formula is C23H14N6O15S2. The van der Waals surface area contributed by atoms with Crippen LogP contribution >= 0.6 is 0 Å². The quantitative estimate of drug-likeness (QED) is 0.0599. The van der Waals surface area contributed by atoms with Gasteiger partial charge in [-0.1, -0.05) is 12.1 Å². The van der Waals surface area contributed by atoms with E-state index in [-0.39, 0.29) is 5.69 Å². The first kappa shape index (κ1) is 32.7. The van der Waals surface area contributed by atoms with E-state index in [1.807, 2.05) is 0 Å². The molecule has 0 radical (unpaired) electrons. The smallest absolute Gasteiger partial charge is 0.337 e. The number of rotatable bonds is 9. The molecule has 46 heavy (non-hydrogen) atoms. The van der Waals surface area contributed by atoms with Gasteiger partial charge in [0, 0.05) is 6.07 Å². The van der Waals surface area contributed by atoms with Gasteiger partial charge in [-0.2, -0.15) is 16.8 Å². The third kappa shape index (κ3) is 6.22. The zero-order valence-corrected chi connectivity index (χ0v) is 23.6. The molecule has 4 aromatic carbocycles. The van der Waals surface area contributed by atoms with Crippen LogP contribution in [0.4, 0.5) is 34.1 Å². The molecule has 0 unspecified atom stereocenters. The second-order valence-corrected chi connectivity index (χ2v) is 11.5. The number of aromatic hydroxyl groups is 3. The number of nitro groups is 2. The summed E-state index contributed by atoms with van der Waals surface area (Å²) in [6, 6.07) is 6.71. The number of aromatic carboxylic acids is 1. The Hall–Kier alpha value is -6.17. The monoisotopic (exact) mass is 678 g/mol. The summed E-state index contributed by atoms with van der Waals surface area (Å²) in [6.45, 7) is 0. The lowest BCUT2D eigenvalue weighted by Crippen LogP contribution is -2.02. The van der Waals surface area contributed by atoms with E-state index in [1.54, 1.807) is 0 Å². The standard InChI is InChI=1S/C23H14N6O15S2/c30-20-13(7-10(28(35)36)8-14(20)29(37)38)25-27-19-16(46(42,43)44)6-9-5-15(45(39,40)41)18(21(31)17(9)22(19)32)26-24-12-4-2-1-3-11(12)23(33)34/h1-8,30-32H,(H,33,34)(H,39,40,41)(H,42,43,44). The topological polar surface area (TPSA) is 342 Å². The van der Waals surface area contributed by atoms with Crippen LogP contribution < -0.4 is 0 Å². The van der Waals surface area contributed by atoms with Gasteiger partial charge in [0.05, 0.1) is 26.9 Å². The molecule has 4 rings (SSSR count). The zero-order valence-electron chi connectivity index (χ0n) is 22.0. The number of carboxylic acid groups (broad SMARTS) is 1. The van der Waals surface area contributed by atoms with Crippen LogP contribution in [-0.4, -0.2) is 62.2 Å². The van der Waals surface area contributed by atoms with Crippen molar-refractivity contribution in [1.29, 1.82) is 0 Å².